The van der Waals surface area contributed by atoms with Crippen LogP contribution in [0.1, 0.15) is 55.4 Å². The molecule has 2 aromatic carbocycles. The van der Waals surface area contributed by atoms with Crippen molar-refractivity contribution in [3.8, 4) is 11.1 Å². The van der Waals surface area contributed by atoms with Gasteiger partial charge in [-0.2, -0.15) is 0 Å². The van der Waals surface area contributed by atoms with Crippen LogP contribution in [-0.2, 0) is 11.8 Å². The summed E-state index contributed by atoms with van der Waals surface area (Å²) in [5.74, 6) is 0.270. The number of rotatable bonds is 1. The highest BCUT2D eigenvalue weighted by Crippen LogP contribution is 2.55. The highest BCUT2D eigenvalue weighted by Gasteiger charge is 2.48. The van der Waals surface area contributed by atoms with E-state index in [1.807, 2.05) is 0 Å². The molecule has 0 unspecified atom stereocenters. The van der Waals surface area contributed by atoms with Gasteiger partial charge in [0.25, 0.3) is 0 Å². The lowest BCUT2D eigenvalue weighted by molar-refractivity contribution is 0.127. The molecule has 0 saturated carbocycles. The van der Waals surface area contributed by atoms with Crippen LogP contribution in [0.15, 0.2) is 30.3 Å². The van der Waals surface area contributed by atoms with Crippen LogP contribution in [0.5, 0.6) is 0 Å². The van der Waals surface area contributed by atoms with Crippen molar-refractivity contribution in [2.45, 2.75) is 57.9 Å². The fraction of sp³-hybridized carbons (Fsp3) is 0.480. The van der Waals surface area contributed by atoms with E-state index in [1.165, 1.54) is 39.1 Å². The zero-order valence-corrected chi connectivity index (χ0v) is 17.8. The molecule has 1 fully saturated rings. The monoisotopic (exact) mass is 390 g/mol. The largest absolute Gasteiger partial charge is 0.465 e. The maximum absolute atomic E-state index is 11.7. The van der Waals surface area contributed by atoms with Crippen molar-refractivity contribution in [2.24, 2.45) is 0 Å². The Morgan fingerprint density at radius 3 is 2.59 bits per heavy atom. The van der Waals surface area contributed by atoms with Gasteiger partial charge in [0.05, 0.1) is 0 Å². The van der Waals surface area contributed by atoms with E-state index in [4.69, 9.17) is 0 Å². The molecule has 1 saturated heterocycles. The van der Waals surface area contributed by atoms with Gasteiger partial charge in [-0.3, -0.25) is 0 Å². The van der Waals surface area contributed by atoms with Gasteiger partial charge in [0.2, 0.25) is 0 Å². The number of nitrogens with zero attached hydrogens (tertiary/aromatic N) is 2. The molecule has 2 atom stereocenters. The predicted molar refractivity (Wildman–Crippen MR) is 117 cm³/mol. The first-order valence-corrected chi connectivity index (χ1v) is 10.8. The van der Waals surface area contributed by atoms with Gasteiger partial charge in [0.1, 0.15) is 0 Å². The number of anilines is 1. The number of hydrogen-bond acceptors (Lipinski definition) is 2. The number of amides is 1. The molecule has 5 rings (SSSR count). The van der Waals surface area contributed by atoms with Gasteiger partial charge in [-0.15, -0.1) is 0 Å². The number of piperidine rings is 1. The summed E-state index contributed by atoms with van der Waals surface area (Å²) in [5, 5.41) is 9.65. The molecule has 152 valence electrons. The molecule has 0 aliphatic carbocycles. The summed E-state index contributed by atoms with van der Waals surface area (Å²) < 4.78 is 0. The maximum atomic E-state index is 11.7. The molecule has 3 heterocycles. The van der Waals surface area contributed by atoms with Crippen LogP contribution >= 0.6 is 0 Å². The number of likely N-dealkylation sites (tertiary alicyclic amines) is 1. The van der Waals surface area contributed by atoms with E-state index in [2.05, 4.69) is 62.9 Å². The minimum atomic E-state index is -0.784. The lowest BCUT2D eigenvalue weighted by Crippen LogP contribution is -2.47. The molecule has 4 nitrogen and oxygen atoms in total. The highest BCUT2D eigenvalue weighted by atomic mass is 16.4. The van der Waals surface area contributed by atoms with Gasteiger partial charge in [-0.1, -0.05) is 45.0 Å². The zero-order valence-electron chi connectivity index (χ0n) is 17.8. The number of benzene rings is 2. The van der Waals surface area contributed by atoms with E-state index in [1.54, 1.807) is 4.90 Å². The highest BCUT2D eigenvalue weighted by molar-refractivity contribution is 5.83. The molecular formula is C25H30N2O2. The second-order valence-corrected chi connectivity index (χ2v) is 9.92. The standard InChI is InChI=1S/C25H30N2O2/c1-15-7-5-6-8-17(15)18-13-16-9-12-27-20-10-11-26(24(28)29)14-19(20)21(23(16)27)22(18)25(2,3)4/h5-8,13,19-20H,9-12,14H2,1-4H3,(H,28,29)/t19-,20+/m1/s1. The first-order chi connectivity index (χ1) is 13.8. The van der Waals surface area contributed by atoms with E-state index >= 15 is 0 Å². The van der Waals surface area contributed by atoms with E-state index in [0.29, 0.717) is 19.1 Å². The van der Waals surface area contributed by atoms with Crippen molar-refractivity contribution in [3.63, 3.8) is 0 Å². The average molecular weight is 391 g/mol. The Bertz CT molecular complexity index is 1000. The van der Waals surface area contributed by atoms with Crippen molar-refractivity contribution in [2.75, 3.05) is 24.5 Å². The summed E-state index contributed by atoms with van der Waals surface area (Å²) >= 11 is 0. The summed E-state index contributed by atoms with van der Waals surface area (Å²) in [7, 11) is 0. The van der Waals surface area contributed by atoms with Crippen molar-refractivity contribution < 1.29 is 9.90 Å². The van der Waals surface area contributed by atoms with Crippen LogP contribution < -0.4 is 4.90 Å². The summed E-state index contributed by atoms with van der Waals surface area (Å²) in [4.78, 5) is 16.0. The summed E-state index contributed by atoms with van der Waals surface area (Å²) in [6, 6.07) is 11.5. The fourth-order valence-electron chi connectivity index (χ4n) is 5.99. The second-order valence-electron chi connectivity index (χ2n) is 9.92. The lowest BCUT2D eigenvalue weighted by atomic mass is 9.73. The minimum absolute atomic E-state index is 0.0172. The number of carboxylic acid groups (broad SMARTS) is 1. The first-order valence-electron chi connectivity index (χ1n) is 10.8. The Labute approximate surface area is 173 Å². The predicted octanol–water partition coefficient (Wildman–Crippen LogP) is 5.17. The normalized spacial score (nSPS) is 22.6. The molecular weight excluding hydrogens is 360 g/mol. The molecule has 0 spiro atoms. The molecule has 1 amide bonds. The van der Waals surface area contributed by atoms with Gasteiger partial charge in [-0.05, 0) is 64.6 Å². The quantitative estimate of drug-likeness (QED) is 0.730. The van der Waals surface area contributed by atoms with E-state index in [9.17, 15) is 9.90 Å². The van der Waals surface area contributed by atoms with Gasteiger partial charge in [0, 0.05) is 37.3 Å². The third-order valence-electron chi connectivity index (χ3n) is 7.13. The molecule has 0 radical (unpaired) electrons. The number of fused-ring (bicyclic) bond motifs is 3. The Kier molecular flexibility index (Phi) is 4.00. The molecule has 3 aliphatic rings. The second kappa shape index (κ2) is 6.25. The lowest BCUT2D eigenvalue weighted by Gasteiger charge is -2.38. The van der Waals surface area contributed by atoms with Gasteiger partial charge in [-0.25, -0.2) is 4.79 Å². The van der Waals surface area contributed by atoms with E-state index in [-0.39, 0.29) is 11.3 Å². The van der Waals surface area contributed by atoms with Crippen LogP contribution in [0.3, 0.4) is 0 Å². The Balaban J connectivity index is 1.78. The van der Waals surface area contributed by atoms with Crippen LogP contribution in [0.4, 0.5) is 10.5 Å². The van der Waals surface area contributed by atoms with Crippen LogP contribution in [0.25, 0.3) is 11.1 Å². The number of carbonyl (C=O) groups is 1. The third-order valence-corrected chi connectivity index (χ3v) is 7.13. The van der Waals surface area contributed by atoms with Crippen LogP contribution in [0.2, 0.25) is 0 Å². The fourth-order valence-corrected chi connectivity index (χ4v) is 5.99. The third kappa shape index (κ3) is 2.68. The average Bonchev–Trinajstić information content (AvgIpc) is 3.22. The van der Waals surface area contributed by atoms with E-state index in [0.717, 1.165) is 19.4 Å². The van der Waals surface area contributed by atoms with Gasteiger partial charge >= 0.3 is 6.09 Å². The van der Waals surface area contributed by atoms with Crippen molar-refractivity contribution in [1.82, 2.24) is 4.90 Å². The summed E-state index contributed by atoms with van der Waals surface area (Å²) in [6.07, 6.45) is 1.24. The molecule has 4 heteroatoms. The molecule has 1 N–H and O–H groups in total. The smallest absolute Gasteiger partial charge is 0.407 e. The molecule has 29 heavy (non-hydrogen) atoms. The van der Waals surface area contributed by atoms with Gasteiger partial charge in [0.15, 0.2) is 0 Å². The molecule has 0 bridgehead atoms. The number of hydrogen-bond donors (Lipinski definition) is 1. The Morgan fingerprint density at radius 2 is 1.90 bits per heavy atom. The summed E-state index contributed by atoms with van der Waals surface area (Å²) in [5.41, 5.74) is 9.65. The van der Waals surface area contributed by atoms with Crippen LogP contribution in [-0.4, -0.2) is 41.8 Å². The zero-order chi connectivity index (χ0) is 20.5. The van der Waals surface area contributed by atoms with Crippen molar-refractivity contribution in [3.05, 3.63) is 52.6 Å². The number of aryl methyl sites for hydroxylation is 1. The molecule has 3 aliphatic heterocycles. The SMILES string of the molecule is Cc1ccccc1-c1cc2c3c(c1C(C)(C)C)[C@@H]1CN(C(=O)O)CC[C@@H]1N3CC2. The molecule has 2 aromatic rings. The van der Waals surface area contributed by atoms with Crippen molar-refractivity contribution in [1.29, 1.82) is 0 Å². The minimum Gasteiger partial charge on any atom is -0.465 e. The van der Waals surface area contributed by atoms with Gasteiger partial charge < -0.3 is 14.9 Å². The maximum Gasteiger partial charge on any atom is 0.407 e. The topological polar surface area (TPSA) is 43.8 Å². The van der Waals surface area contributed by atoms with E-state index < -0.39 is 6.09 Å². The first kappa shape index (κ1) is 18.5. The van der Waals surface area contributed by atoms with Crippen LogP contribution in [0, 0.1) is 6.92 Å². The summed E-state index contributed by atoms with van der Waals surface area (Å²) in [6.45, 7) is 11.4. The molecule has 0 aromatic heterocycles. The van der Waals surface area contributed by atoms with Crippen molar-refractivity contribution >= 4 is 11.8 Å². The Morgan fingerprint density at radius 1 is 1.14 bits per heavy atom. The Hall–Kier alpha value is -2.49.